The van der Waals surface area contributed by atoms with Crippen LogP contribution in [0.3, 0.4) is 0 Å². The molecule has 0 saturated carbocycles. The number of carbonyl (C=O) groups excluding carboxylic acids is 1. The van der Waals surface area contributed by atoms with Crippen LogP contribution in [0.1, 0.15) is 0 Å². The lowest BCUT2D eigenvalue weighted by Gasteiger charge is -2.16. The van der Waals surface area contributed by atoms with Gasteiger partial charge in [0.05, 0.1) is 5.75 Å². The molecule has 2 amide bonds. The lowest BCUT2D eigenvalue weighted by atomic mass is 10.7. The summed E-state index contributed by atoms with van der Waals surface area (Å²) < 4.78 is 0. The van der Waals surface area contributed by atoms with Crippen LogP contribution in [-0.2, 0) is 4.79 Å². The standard InChI is InChI=1S/C5H12N2O.C2H4O2S/c1-6(2)5(8)7(3)4;3-2(4)1-5/h1-4H3;5H,1H2,(H,3,4). The summed E-state index contributed by atoms with van der Waals surface area (Å²) in [6.07, 6.45) is 0. The molecule has 13 heavy (non-hydrogen) atoms. The van der Waals surface area contributed by atoms with Crippen LogP contribution in [0.4, 0.5) is 4.79 Å². The first kappa shape index (κ1) is 14.6. The van der Waals surface area contributed by atoms with E-state index in [0.29, 0.717) is 0 Å². The second-order valence-electron chi connectivity index (χ2n) is 2.62. The molecule has 0 aliphatic rings. The van der Waals surface area contributed by atoms with Gasteiger partial charge in [-0.15, -0.1) is 0 Å². The maximum absolute atomic E-state index is 10.7. The third kappa shape index (κ3) is 11.1. The molecule has 0 aromatic heterocycles. The van der Waals surface area contributed by atoms with Crippen molar-refractivity contribution in [2.24, 2.45) is 0 Å². The fourth-order valence-corrected chi connectivity index (χ4v) is 0.400. The highest BCUT2D eigenvalue weighted by atomic mass is 32.1. The summed E-state index contributed by atoms with van der Waals surface area (Å²) in [5.41, 5.74) is 0. The molecule has 0 spiro atoms. The predicted molar refractivity (Wildman–Crippen MR) is 54.3 cm³/mol. The van der Waals surface area contributed by atoms with Gasteiger partial charge in [0, 0.05) is 28.2 Å². The zero-order valence-electron chi connectivity index (χ0n) is 8.31. The summed E-state index contributed by atoms with van der Waals surface area (Å²) in [6, 6.07) is 0.0185. The molecule has 0 heterocycles. The number of carbonyl (C=O) groups is 2. The van der Waals surface area contributed by atoms with Gasteiger partial charge >= 0.3 is 12.0 Å². The first-order chi connectivity index (χ1) is 5.82. The first-order valence-corrected chi connectivity index (χ1v) is 4.17. The van der Waals surface area contributed by atoms with Crippen LogP contribution in [0.2, 0.25) is 0 Å². The molecule has 0 bridgehead atoms. The average Bonchev–Trinajstić information content (AvgIpc) is 2.03. The van der Waals surface area contributed by atoms with E-state index in [1.54, 1.807) is 28.2 Å². The Bertz CT molecular complexity index is 161. The molecule has 0 unspecified atom stereocenters. The number of carboxylic acids is 1. The van der Waals surface area contributed by atoms with E-state index < -0.39 is 5.97 Å². The smallest absolute Gasteiger partial charge is 0.318 e. The second kappa shape index (κ2) is 7.72. The van der Waals surface area contributed by atoms with Crippen molar-refractivity contribution in [2.75, 3.05) is 33.9 Å². The van der Waals surface area contributed by atoms with Crippen LogP contribution in [0.5, 0.6) is 0 Å². The number of amides is 2. The zero-order valence-corrected chi connectivity index (χ0v) is 9.21. The molecule has 0 fully saturated rings. The molecule has 0 saturated heterocycles. The maximum Gasteiger partial charge on any atom is 0.318 e. The molecule has 0 rings (SSSR count). The molecule has 6 heteroatoms. The van der Waals surface area contributed by atoms with Crippen molar-refractivity contribution in [3.8, 4) is 0 Å². The Balaban J connectivity index is 0. The van der Waals surface area contributed by atoms with Gasteiger partial charge in [-0.25, -0.2) is 4.79 Å². The number of carboxylic acid groups (broad SMARTS) is 1. The van der Waals surface area contributed by atoms with Crippen molar-refractivity contribution in [3.05, 3.63) is 0 Å². The summed E-state index contributed by atoms with van der Waals surface area (Å²) in [7, 11) is 6.90. The Morgan fingerprint density at radius 3 is 1.38 bits per heavy atom. The minimum Gasteiger partial charge on any atom is -0.481 e. The third-order valence-corrected chi connectivity index (χ3v) is 1.17. The second-order valence-corrected chi connectivity index (χ2v) is 2.94. The number of nitrogens with zero attached hydrogens (tertiary/aromatic N) is 2. The van der Waals surface area contributed by atoms with E-state index in [-0.39, 0.29) is 11.8 Å². The Hall–Kier alpha value is -0.910. The molecule has 5 nitrogen and oxygen atoms in total. The molecule has 0 aliphatic carbocycles. The van der Waals surface area contributed by atoms with Gasteiger partial charge in [-0.1, -0.05) is 0 Å². The number of urea groups is 1. The predicted octanol–water partition coefficient (Wildman–Crippen LogP) is 0.230. The number of rotatable bonds is 1. The topological polar surface area (TPSA) is 60.9 Å². The fraction of sp³-hybridized carbons (Fsp3) is 0.714. The van der Waals surface area contributed by atoms with Crippen LogP contribution >= 0.6 is 12.6 Å². The van der Waals surface area contributed by atoms with E-state index in [4.69, 9.17) is 5.11 Å². The van der Waals surface area contributed by atoms with Crippen molar-refractivity contribution < 1.29 is 14.7 Å². The minimum absolute atomic E-state index is 0.0185. The molecule has 1 N–H and O–H groups in total. The van der Waals surface area contributed by atoms with E-state index in [0.717, 1.165) is 0 Å². The number of hydrogen-bond acceptors (Lipinski definition) is 3. The van der Waals surface area contributed by atoms with Crippen LogP contribution < -0.4 is 0 Å². The molecule has 78 valence electrons. The van der Waals surface area contributed by atoms with Crippen LogP contribution in [0.25, 0.3) is 0 Å². The van der Waals surface area contributed by atoms with Gasteiger partial charge in [-0.3, -0.25) is 4.79 Å². The Labute approximate surface area is 83.7 Å². The molecule has 0 aromatic carbocycles. The van der Waals surface area contributed by atoms with Crippen LogP contribution in [0.15, 0.2) is 0 Å². The fourth-order valence-electron chi connectivity index (χ4n) is 0.400. The van der Waals surface area contributed by atoms with Gasteiger partial charge in [-0.2, -0.15) is 12.6 Å². The zero-order chi connectivity index (χ0) is 11.0. The average molecular weight is 208 g/mol. The Kier molecular flexibility index (Phi) is 8.68. The number of hydrogen-bond donors (Lipinski definition) is 2. The van der Waals surface area contributed by atoms with Crippen molar-refractivity contribution in [2.45, 2.75) is 0 Å². The van der Waals surface area contributed by atoms with E-state index in [1.807, 2.05) is 0 Å². The lowest BCUT2D eigenvalue weighted by molar-refractivity contribution is -0.133. The van der Waals surface area contributed by atoms with Crippen LogP contribution in [0, 0.1) is 0 Å². The third-order valence-electron chi connectivity index (χ3n) is 0.900. The van der Waals surface area contributed by atoms with Gasteiger partial charge in [0.2, 0.25) is 0 Å². The quantitative estimate of drug-likeness (QED) is 0.606. The van der Waals surface area contributed by atoms with Crippen molar-refractivity contribution in [1.29, 1.82) is 0 Å². The van der Waals surface area contributed by atoms with Gasteiger partial charge in [0.1, 0.15) is 0 Å². The Morgan fingerprint density at radius 2 is 1.38 bits per heavy atom. The van der Waals surface area contributed by atoms with Crippen LogP contribution in [-0.4, -0.2) is 60.9 Å². The Morgan fingerprint density at radius 1 is 1.15 bits per heavy atom. The van der Waals surface area contributed by atoms with Gasteiger partial charge in [-0.05, 0) is 0 Å². The highest BCUT2D eigenvalue weighted by Gasteiger charge is 2.02. The number of thiol groups is 1. The molecule has 0 atom stereocenters. The van der Waals surface area contributed by atoms with Gasteiger partial charge in [0.15, 0.2) is 0 Å². The van der Waals surface area contributed by atoms with Gasteiger partial charge < -0.3 is 14.9 Å². The van der Waals surface area contributed by atoms with E-state index in [1.165, 1.54) is 9.80 Å². The SMILES string of the molecule is CN(C)C(=O)N(C)C.O=C(O)CS. The summed E-state index contributed by atoms with van der Waals surface area (Å²) in [5, 5.41) is 7.65. The maximum atomic E-state index is 10.7. The largest absolute Gasteiger partial charge is 0.481 e. The van der Waals surface area contributed by atoms with Crippen molar-refractivity contribution in [1.82, 2.24) is 9.80 Å². The molecule has 0 aliphatic heterocycles. The van der Waals surface area contributed by atoms with E-state index in [2.05, 4.69) is 12.6 Å². The van der Waals surface area contributed by atoms with Crippen molar-refractivity contribution in [3.63, 3.8) is 0 Å². The highest BCUT2D eigenvalue weighted by Crippen LogP contribution is 1.83. The molecule has 0 aromatic rings. The van der Waals surface area contributed by atoms with Gasteiger partial charge in [0.25, 0.3) is 0 Å². The number of aliphatic carboxylic acids is 1. The summed E-state index contributed by atoms with van der Waals surface area (Å²) in [6.45, 7) is 0. The molecule has 0 radical (unpaired) electrons. The lowest BCUT2D eigenvalue weighted by Crippen LogP contribution is -2.33. The minimum atomic E-state index is -0.881. The highest BCUT2D eigenvalue weighted by molar-refractivity contribution is 7.81. The normalized spacial score (nSPS) is 8.08. The first-order valence-electron chi connectivity index (χ1n) is 3.54. The summed E-state index contributed by atoms with van der Waals surface area (Å²) in [5.74, 6) is -0.965. The summed E-state index contributed by atoms with van der Waals surface area (Å²) in [4.78, 5) is 23.0. The van der Waals surface area contributed by atoms with Crippen molar-refractivity contribution >= 4 is 24.6 Å². The molecular weight excluding hydrogens is 192 g/mol. The van der Waals surface area contributed by atoms with E-state index in [9.17, 15) is 9.59 Å². The monoisotopic (exact) mass is 208 g/mol. The van der Waals surface area contributed by atoms with E-state index >= 15 is 0 Å². The molecular formula is C7H16N2O3S. The summed E-state index contributed by atoms with van der Waals surface area (Å²) >= 11 is 3.42.